The van der Waals surface area contributed by atoms with Crippen molar-refractivity contribution in [3.05, 3.63) is 16.5 Å². The van der Waals surface area contributed by atoms with Crippen LogP contribution in [-0.4, -0.2) is 30.2 Å². The lowest BCUT2D eigenvalue weighted by molar-refractivity contribution is 0.181. The largest absolute Gasteiger partial charge is 0.384 e. The van der Waals surface area contributed by atoms with Gasteiger partial charge < -0.3 is 10.1 Å². The Morgan fingerprint density at radius 1 is 1.60 bits per heavy atom. The molecule has 15 heavy (non-hydrogen) atoms. The Bertz CT molecular complexity index is 320. The van der Waals surface area contributed by atoms with Gasteiger partial charge in [0.05, 0.1) is 11.1 Å². The summed E-state index contributed by atoms with van der Waals surface area (Å²) in [6.07, 6.45) is 1.77. The van der Waals surface area contributed by atoms with Crippen molar-refractivity contribution in [1.82, 2.24) is 9.97 Å². The molecule has 0 aliphatic heterocycles. The smallest absolute Gasteiger partial charge is 0.144 e. The number of methoxy groups -OCH3 is 1. The van der Waals surface area contributed by atoms with Gasteiger partial charge in [0.2, 0.25) is 0 Å². The van der Waals surface area contributed by atoms with Crippen LogP contribution in [0, 0.1) is 0 Å². The lowest BCUT2D eigenvalue weighted by atomic mass is 10.2. The summed E-state index contributed by atoms with van der Waals surface area (Å²) in [5.41, 5.74) is 0. The molecule has 1 aromatic rings. The van der Waals surface area contributed by atoms with Crippen LogP contribution in [0.3, 0.4) is 0 Å². The Morgan fingerprint density at radius 2 is 2.33 bits per heavy atom. The highest BCUT2D eigenvalue weighted by Crippen LogP contribution is 2.21. The second kappa shape index (κ2) is 6.02. The third-order valence-electron chi connectivity index (χ3n) is 1.96. The van der Waals surface area contributed by atoms with Crippen molar-refractivity contribution < 1.29 is 4.74 Å². The van der Waals surface area contributed by atoms with Crippen LogP contribution >= 0.6 is 15.9 Å². The normalized spacial score (nSPS) is 12.5. The first kappa shape index (κ1) is 12.4. The molecule has 0 saturated carbocycles. The molecule has 1 heterocycles. The van der Waals surface area contributed by atoms with E-state index in [4.69, 9.17) is 4.74 Å². The highest BCUT2D eigenvalue weighted by atomic mass is 79.9. The first-order valence-corrected chi connectivity index (χ1v) is 5.73. The van der Waals surface area contributed by atoms with E-state index >= 15 is 0 Å². The average Bonchev–Trinajstić information content (AvgIpc) is 2.22. The molecule has 0 aliphatic carbocycles. The van der Waals surface area contributed by atoms with Crippen LogP contribution < -0.4 is 5.32 Å². The molecule has 0 fully saturated rings. The maximum Gasteiger partial charge on any atom is 0.144 e. The number of ether oxygens (including phenoxy) is 1. The van der Waals surface area contributed by atoms with Gasteiger partial charge in [-0.25, -0.2) is 9.97 Å². The standard InChI is InChI=1S/C10H16BrN3O/c1-4-12-10-8(11)5-13-9(14-10)7(2)6-15-3/h5,7H,4,6H2,1-3H3,(H,12,13,14). The summed E-state index contributed by atoms with van der Waals surface area (Å²) in [7, 11) is 1.68. The molecule has 0 amide bonds. The van der Waals surface area contributed by atoms with Gasteiger partial charge in [-0.05, 0) is 22.9 Å². The molecule has 5 heteroatoms. The van der Waals surface area contributed by atoms with E-state index in [9.17, 15) is 0 Å². The molecule has 0 saturated heterocycles. The van der Waals surface area contributed by atoms with Gasteiger partial charge in [0, 0.05) is 25.8 Å². The fraction of sp³-hybridized carbons (Fsp3) is 0.600. The summed E-state index contributed by atoms with van der Waals surface area (Å²) in [6.45, 7) is 5.55. The van der Waals surface area contributed by atoms with Gasteiger partial charge in [-0.2, -0.15) is 0 Å². The van der Waals surface area contributed by atoms with Crippen LogP contribution in [0.15, 0.2) is 10.7 Å². The lowest BCUT2D eigenvalue weighted by Gasteiger charge is -2.11. The Morgan fingerprint density at radius 3 is 2.93 bits per heavy atom. The Labute approximate surface area is 98.6 Å². The number of halogens is 1. The fourth-order valence-corrected chi connectivity index (χ4v) is 1.57. The number of hydrogen-bond donors (Lipinski definition) is 1. The maximum atomic E-state index is 5.08. The number of anilines is 1. The molecule has 0 aromatic carbocycles. The predicted molar refractivity (Wildman–Crippen MR) is 64.2 cm³/mol. The first-order valence-electron chi connectivity index (χ1n) is 4.94. The predicted octanol–water partition coefficient (Wildman–Crippen LogP) is 2.42. The van der Waals surface area contributed by atoms with Crippen LogP contribution in [-0.2, 0) is 4.74 Å². The molecular formula is C10H16BrN3O. The third kappa shape index (κ3) is 3.43. The van der Waals surface area contributed by atoms with E-state index in [1.54, 1.807) is 13.3 Å². The zero-order valence-corrected chi connectivity index (χ0v) is 10.8. The summed E-state index contributed by atoms with van der Waals surface area (Å²) in [5, 5.41) is 3.17. The molecule has 1 unspecified atom stereocenters. The maximum absolute atomic E-state index is 5.08. The second-order valence-electron chi connectivity index (χ2n) is 3.31. The van der Waals surface area contributed by atoms with E-state index in [0.29, 0.717) is 6.61 Å². The molecule has 84 valence electrons. The van der Waals surface area contributed by atoms with Crippen molar-refractivity contribution in [1.29, 1.82) is 0 Å². The fourth-order valence-electron chi connectivity index (χ4n) is 1.23. The monoisotopic (exact) mass is 273 g/mol. The molecule has 1 N–H and O–H groups in total. The number of rotatable bonds is 5. The minimum Gasteiger partial charge on any atom is -0.384 e. The first-order chi connectivity index (χ1) is 7.19. The van der Waals surface area contributed by atoms with Crippen molar-refractivity contribution in [2.45, 2.75) is 19.8 Å². The van der Waals surface area contributed by atoms with Gasteiger partial charge in [0.15, 0.2) is 0 Å². The summed E-state index contributed by atoms with van der Waals surface area (Å²) in [4.78, 5) is 8.69. The van der Waals surface area contributed by atoms with E-state index in [1.165, 1.54) is 0 Å². The molecule has 0 spiro atoms. The zero-order valence-electron chi connectivity index (χ0n) is 9.25. The van der Waals surface area contributed by atoms with E-state index in [1.807, 2.05) is 13.8 Å². The van der Waals surface area contributed by atoms with Crippen molar-refractivity contribution in [3.8, 4) is 0 Å². The van der Waals surface area contributed by atoms with E-state index in [-0.39, 0.29) is 5.92 Å². The van der Waals surface area contributed by atoms with Crippen molar-refractivity contribution in [3.63, 3.8) is 0 Å². The van der Waals surface area contributed by atoms with Gasteiger partial charge in [-0.3, -0.25) is 0 Å². The molecule has 0 aliphatic rings. The van der Waals surface area contributed by atoms with Crippen LogP contribution in [0.1, 0.15) is 25.6 Å². The number of nitrogens with one attached hydrogen (secondary N) is 1. The highest BCUT2D eigenvalue weighted by molar-refractivity contribution is 9.10. The minimum atomic E-state index is 0.209. The number of aromatic nitrogens is 2. The molecule has 0 bridgehead atoms. The molecule has 1 atom stereocenters. The van der Waals surface area contributed by atoms with Gasteiger partial charge in [0.25, 0.3) is 0 Å². The summed E-state index contributed by atoms with van der Waals surface area (Å²) < 4.78 is 5.96. The summed E-state index contributed by atoms with van der Waals surface area (Å²) >= 11 is 3.40. The topological polar surface area (TPSA) is 47.0 Å². The Kier molecular flexibility index (Phi) is 4.98. The zero-order chi connectivity index (χ0) is 11.3. The summed E-state index contributed by atoms with van der Waals surface area (Å²) in [6, 6.07) is 0. The van der Waals surface area contributed by atoms with Crippen LogP contribution in [0.2, 0.25) is 0 Å². The molecule has 1 rings (SSSR count). The van der Waals surface area contributed by atoms with Crippen LogP contribution in [0.5, 0.6) is 0 Å². The molecule has 1 aromatic heterocycles. The second-order valence-corrected chi connectivity index (χ2v) is 4.17. The lowest BCUT2D eigenvalue weighted by Crippen LogP contribution is -2.09. The Hall–Kier alpha value is -0.680. The third-order valence-corrected chi connectivity index (χ3v) is 2.54. The van der Waals surface area contributed by atoms with Crippen molar-refractivity contribution in [2.24, 2.45) is 0 Å². The van der Waals surface area contributed by atoms with Gasteiger partial charge in [-0.1, -0.05) is 6.92 Å². The van der Waals surface area contributed by atoms with Crippen molar-refractivity contribution >= 4 is 21.7 Å². The summed E-state index contributed by atoms with van der Waals surface area (Å²) in [5.74, 6) is 1.85. The highest BCUT2D eigenvalue weighted by Gasteiger charge is 2.10. The van der Waals surface area contributed by atoms with E-state index in [2.05, 4.69) is 31.2 Å². The molecule has 4 nitrogen and oxygen atoms in total. The van der Waals surface area contributed by atoms with Crippen LogP contribution in [0.25, 0.3) is 0 Å². The van der Waals surface area contributed by atoms with Gasteiger partial charge >= 0.3 is 0 Å². The SMILES string of the molecule is CCNc1nc(C(C)COC)ncc1Br. The van der Waals surface area contributed by atoms with E-state index < -0.39 is 0 Å². The van der Waals surface area contributed by atoms with Crippen molar-refractivity contribution in [2.75, 3.05) is 25.6 Å². The Balaban J connectivity index is 2.86. The molecular weight excluding hydrogens is 258 g/mol. The molecule has 0 radical (unpaired) electrons. The average molecular weight is 274 g/mol. The van der Waals surface area contributed by atoms with Gasteiger partial charge in [-0.15, -0.1) is 0 Å². The number of hydrogen-bond acceptors (Lipinski definition) is 4. The number of nitrogens with zero attached hydrogens (tertiary/aromatic N) is 2. The van der Waals surface area contributed by atoms with Crippen LogP contribution in [0.4, 0.5) is 5.82 Å². The minimum absolute atomic E-state index is 0.209. The van der Waals surface area contributed by atoms with Gasteiger partial charge in [0.1, 0.15) is 11.6 Å². The van der Waals surface area contributed by atoms with E-state index in [0.717, 1.165) is 22.7 Å². The quantitative estimate of drug-likeness (QED) is 0.895.